The third-order valence-electron chi connectivity index (χ3n) is 10.4. The van der Waals surface area contributed by atoms with Crippen molar-refractivity contribution in [2.75, 3.05) is 6.61 Å². The topological polar surface area (TPSA) is 89.8 Å². The zero-order chi connectivity index (χ0) is 35.2. The summed E-state index contributed by atoms with van der Waals surface area (Å²) >= 11 is 0. The molecule has 0 bridgehead atoms. The van der Waals surface area contributed by atoms with E-state index in [1.54, 1.807) is 0 Å². The first kappa shape index (κ1) is 47.4. The monoisotopic (exact) mass is 682 g/mol. The van der Waals surface area contributed by atoms with Crippen LogP contribution in [0.25, 0.3) is 0 Å². The second kappa shape index (κ2) is 39.1. The van der Waals surface area contributed by atoms with Gasteiger partial charge in [0.25, 0.3) is 0 Å². The molecule has 0 spiro atoms. The van der Waals surface area contributed by atoms with Crippen molar-refractivity contribution in [2.45, 2.75) is 263 Å². The molecule has 5 nitrogen and oxygen atoms in total. The molecule has 0 aliphatic rings. The molecule has 0 saturated heterocycles. The fourth-order valence-corrected chi connectivity index (χ4v) is 7.05. The van der Waals surface area contributed by atoms with Crippen molar-refractivity contribution < 1.29 is 20.1 Å². The number of nitrogens with one attached hydrogen (secondary N) is 1. The highest BCUT2D eigenvalue weighted by Crippen LogP contribution is 2.17. The Hall–Kier alpha value is -0.650. The molecule has 5 heteroatoms. The fourth-order valence-electron chi connectivity index (χ4n) is 7.05. The van der Waals surface area contributed by atoms with E-state index in [9.17, 15) is 20.1 Å². The van der Waals surface area contributed by atoms with Gasteiger partial charge in [0.15, 0.2) is 0 Å². The largest absolute Gasteiger partial charge is 0.394 e. The van der Waals surface area contributed by atoms with Gasteiger partial charge in [0, 0.05) is 0 Å². The fraction of sp³-hybridized carbons (Fsp3) is 0.977. The van der Waals surface area contributed by atoms with E-state index in [4.69, 9.17) is 0 Å². The van der Waals surface area contributed by atoms with E-state index in [0.717, 1.165) is 25.7 Å². The number of aliphatic hydroxyl groups excluding tert-OH is 3. The lowest BCUT2D eigenvalue weighted by atomic mass is 10.0. The van der Waals surface area contributed by atoms with E-state index in [-0.39, 0.29) is 18.9 Å². The maximum Gasteiger partial charge on any atom is 0.222 e. The van der Waals surface area contributed by atoms with Gasteiger partial charge in [-0.15, -0.1) is 0 Å². The van der Waals surface area contributed by atoms with Crippen LogP contribution in [0, 0.1) is 0 Å². The lowest BCUT2D eigenvalue weighted by Crippen LogP contribution is -2.46. The Morgan fingerprint density at radius 1 is 0.438 bits per heavy atom. The lowest BCUT2D eigenvalue weighted by molar-refractivity contribution is -0.125. The van der Waals surface area contributed by atoms with Crippen LogP contribution in [0.3, 0.4) is 0 Å². The smallest absolute Gasteiger partial charge is 0.222 e. The second-order valence-corrected chi connectivity index (χ2v) is 15.3. The molecule has 0 radical (unpaired) electrons. The van der Waals surface area contributed by atoms with E-state index >= 15 is 0 Å². The zero-order valence-corrected chi connectivity index (χ0v) is 32.6. The number of carbonyl (C=O) groups is 1. The van der Waals surface area contributed by atoms with Crippen molar-refractivity contribution in [3.63, 3.8) is 0 Å². The molecule has 0 aliphatic heterocycles. The highest BCUT2D eigenvalue weighted by Gasteiger charge is 2.21. The molecule has 0 rings (SSSR count). The molecule has 1 amide bonds. The number of unbranched alkanes of at least 4 members (excludes halogenated alkanes) is 31. The van der Waals surface area contributed by atoms with Gasteiger partial charge in [0.05, 0.1) is 31.3 Å². The van der Waals surface area contributed by atoms with Crippen LogP contribution in [0.5, 0.6) is 0 Å². The van der Waals surface area contributed by atoms with Crippen molar-refractivity contribution in [3.05, 3.63) is 0 Å². The lowest BCUT2D eigenvalue weighted by Gasteiger charge is -2.23. The highest BCUT2D eigenvalue weighted by molar-refractivity contribution is 5.76. The van der Waals surface area contributed by atoms with Crippen molar-refractivity contribution in [1.82, 2.24) is 5.32 Å². The molecule has 0 fully saturated rings. The third kappa shape index (κ3) is 35.2. The number of hydrogen-bond donors (Lipinski definition) is 4. The van der Waals surface area contributed by atoms with Crippen LogP contribution >= 0.6 is 0 Å². The van der Waals surface area contributed by atoms with Crippen LogP contribution in [-0.4, -0.2) is 46.1 Å². The van der Waals surface area contributed by atoms with Crippen LogP contribution in [0.4, 0.5) is 0 Å². The molecule has 48 heavy (non-hydrogen) atoms. The number of amides is 1. The Kier molecular flexibility index (Phi) is 38.6. The van der Waals surface area contributed by atoms with E-state index < -0.39 is 18.2 Å². The van der Waals surface area contributed by atoms with Crippen LogP contribution in [0.1, 0.15) is 245 Å². The SMILES string of the molecule is CCCCCCCCCCCCCCCCCCCCCCCCCC(O)CC(=O)NC(CO)C(O)CCCCCCCCCCCC. The molecule has 3 atom stereocenters. The van der Waals surface area contributed by atoms with Crippen LogP contribution in [-0.2, 0) is 4.79 Å². The van der Waals surface area contributed by atoms with Gasteiger partial charge in [-0.3, -0.25) is 4.79 Å². The summed E-state index contributed by atoms with van der Waals surface area (Å²) in [5, 5.41) is 33.3. The number of rotatable bonds is 40. The van der Waals surface area contributed by atoms with Crippen LogP contribution < -0.4 is 5.32 Å². The van der Waals surface area contributed by atoms with Crippen LogP contribution in [0.15, 0.2) is 0 Å². The third-order valence-corrected chi connectivity index (χ3v) is 10.4. The van der Waals surface area contributed by atoms with E-state index in [1.165, 1.54) is 186 Å². The first-order chi connectivity index (χ1) is 23.5. The van der Waals surface area contributed by atoms with Gasteiger partial charge in [-0.05, 0) is 12.8 Å². The van der Waals surface area contributed by atoms with Crippen molar-refractivity contribution in [3.8, 4) is 0 Å². The minimum absolute atomic E-state index is 0.0424. The highest BCUT2D eigenvalue weighted by atomic mass is 16.3. The molecular formula is C43H87NO4. The second-order valence-electron chi connectivity index (χ2n) is 15.3. The Morgan fingerprint density at radius 2 is 0.708 bits per heavy atom. The van der Waals surface area contributed by atoms with Gasteiger partial charge in [-0.25, -0.2) is 0 Å². The van der Waals surface area contributed by atoms with Gasteiger partial charge in [-0.2, -0.15) is 0 Å². The number of carbonyl (C=O) groups excluding carboxylic acids is 1. The Morgan fingerprint density at radius 3 is 1.00 bits per heavy atom. The minimum Gasteiger partial charge on any atom is -0.394 e. The van der Waals surface area contributed by atoms with Gasteiger partial charge < -0.3 is 20.6 Å². The van der Waals surface area contributed by atoms with Crippen molar-refractivity contribution in [1.29, 1.82) is 0 Å². The zero-order valence-electron chi connectivity index (χ0n) is 32.6. The quantitative estimate of drug-likeness (QED) is 0.0485. The van der Waals surface area contributed by atoms with Crippen molar-refractivity contribution >= 4 is 5.91 Å². The minimum atomic E-state index is -0.741. The molecule has 0 heterocycles. The summed E-state index contributed by atoms with van der Waals surface area (Å²) in [4.78, 5) is 12.4. The maximum atomic E-state index is 12.4. The molecule has 3 unspecified atom stereocenters. The molecule has 0 aromatic rings. The molecule has 288 valence electrons. The normalized spacial score (nSPS) is 13.5. The number of aliphatic hydroxyl groups is 3. The summed E-state index contributed by atoms with van der Waals surface area (Å²) in [6, 6.07) is -0.650. The van der Waals surface area contributed by atoms with Gasteiger partial charge >= 0.3 is 0 Å². The summed E-state index contributed by atoms with van der Waals surface area (Å²) in [7, 11) is 0. The number of hydrogen-bond acceptors (Lipinski definition) is 4. The molecule has 0 aromatic carbocycles. The predicted octanol–water partition coefficient (Wildman–Crippen LogP) is 12.3. The van der Waals surface area contributed by atoms with Crippen LogP contribution in [0.2, 0.25) is 0 Å². The summed E-state index contributed by atoms with van der Waals surface area (Å²) in [5.74, 6) is -0.280. The average molecular weight is 682 g/mol. The standard InChI is InChI=1S/C43H87NO4/c1-3-5-7-9-11-13-15-16-17-18-19-20-21-22-23-24-25-26-27-28-30-32-34-36-40(46)38-43(48)44-41(39-45)42(47)37-35-33-31-29-14-12-10-8-6-4-2/h40-42,45-47H,3-39H2,1-2H3,(H,44,48). The molecule has 4 N–H and O–H groups in total. The van der Waals surface area contributed by atoms with E-state index in [1.807, 2.05) is 0 Å². The Labute approximate surface area is 300 Å². The van der Waals surface area contributed by atoms with Gasteiger partial charge in [0.2, 0.25) is 5.91 Å². The summed E-state index contributed by atoms with van der Waals surface area (Å²) in [5.41, 5.74) is 0. The summed E-state index contributed by atoms with van der Waals surface area (Å²) in [6.45, 7) is 4.26. The first-order valence-electron chi connectivity index (χ1n) is 21.8. The van der Waals surface area contributed by atoms with E-state index in [0.29, 0.717) is 12.8 Å². The van der Waals surface area contributed by atoms with Gasteiger partial charge in [-0.1, -0.05) is 226 Å². The summed E-state index contributed by atoms with van der Waals surface area (Å²) in [6.07, 6.45) is 43.7. The molecule has 0 aliphatic carbocycles. The maximum absolute atomic E-state index is 12.4. The van der Waals surface area contributed by atoms with Gasteiger partial charge in [0.1, 0.15) is 0 Å². The first-order valence-corrected chi connectivity index (χ1v) is 21.8. The molecular weight excluding hydrogens is 594 g/mol. The Bertz CT molecular complexity index is 630. The average Bonchev–Trinajstić information content (AvgIpc) is 3.08. The summed E-state index contributed by atoms with van der Waals surface area (Å²) < 4.78 is 0. The molecule has 0 saturated carbocycles. The predicted molar refractivity (Wildman–Crippen MR) is 209 cm³/mol. The van der Waals surface area contributed by atoms with Crippen molar-refractivity contribution in [2.24, 2.45) is 0 Å². The Balaban J connectivity index is 3.51. The van der Waals surface area contributed by atoms with E-state index in [2.05, 4.69) is 19.2 Å². The molecule has 0 aromatic heterocycles.